The van der Waals surface area contributed by atoms with Crippen LogP contribution in [0.25, 0.3) is 5.69 Å². The zero-order chi connectivity index (χ0) is 18.4. The summed E-state index contributed by atoms with van der Waals surface area (Å²) < 4.78 is 46.8. The number of rotatable bonds is 7. The summed E-state index contributed by atoms with van der Waals surface area (Å²) in [6.07, 6.45) is -4.61. The third-order valence-corrected chi connectivity index (χ3v) is 3.31. The molecule has 0 saturated carbocycles. The smallest absolute Gasteiger partial charge is 0.411 e. The number of hydrogen-bond donors (Lipinski definition) is 0. The van der Waals surface area contributed by atoms with Crippen LogP contribution in [0.15, 0.2) is 30.3 Å². The van der Waals surface area contributed by atoms with Crippen LogP contribution < -0.4 is 0 Å². The lowest BCUT2D eigenvalue weighted by molar-refractivity contribution is -0.176. The monoisotopic (exact) mass is 356 g/mol. The Morgan fingerprint density at radius 2 is 1.88 bits per heavy atom. The molecular weight excluding hydrogens is 337 g/mol. The van der Waals surface area contributed by atoms with E-state index >= 15 is 0 Å². The van der Waals surface area contributed by atoms with E-state index in [1.54, 1.807) is 12.1 Å². The molecular formula is C17H19F3N2O3. The Morgan fingerprint density at radius 3 is 2.44 bits per heavy atom. The van der Waals surface area contributed by atoms with Gasteiger partial charge >= 0.3 is 12.1 Å². The number of carbonyl (C=O) groups is 1. The van der Waals surface area contributed by atoms with Gasteiger partial charge in [-0.3, -0.25) is 4.79 Å². The predicted molar refractivity (Wildman–Crippen MR) is 84.3 cm³/mol. The third-order valence-electron chi connectivity index (χ3n) is 3.31. The van der Waals surface area contributed by atoms with Gasteiger partial charge in [-0.15, -0.1) is 0 Å². The summed E-state index contributed by atoms with van der Waals surface area (Å²) in [4.78, 5) is 11.5. The molecule has 136 valence electrons. The maximum absolute atomic E-state index is 11.9. The molecule has 0 aliphatic heterocycles. The number of ether oxygens (including phenoxy) is 2. The molecule has 0 spiro atoms. The van der Waals surface area contributed by atoms with Crippen LogP contribution in [0.1, 0.15) is 23.4 Å². The van der Waals surface area contributed by atoms with Gasteiger partial charge in [-0.05, 0) is 37.6 Å². The first-order valence-corrected chi connectivity index (χ1v) is 7.67. The van der Waals surface area contributed by atoms with Gasteiger partial charge in [0.15, 0.2) is 0 Å². The Hall–Kier alpha value is -2.35. The Bertz CT molecular complexity index is 709. The van der Waals surface area contributed by atoms with Crippen molar-refractivity contribution in [3.63, 3.8) is 0 Å². The molecule has 2 rings (SSSR count). The summed E-state index contributed by atoms with van der Waals surface area (Å²) in [7, 11) is 0. The van der Waals surface area contributed by atoms with Crippen molar-refractivity contribution < 1.29 is 27.4 Å². The fraction of sp³-hybridized carbons (Fsp3) is 0.412. The molecule has 0 amide bonds. The van der Waals surface area contributed by atoms with E-state index in [1.165, 1.54) is 0 Å². The number of benzene rings is 1. The van der Waals surface area contributed by atoms with Gasteiger partial charge < -0.3 is 9.47 Å². The summed E-state index contributed by atoms with van der Waals surface area (Å²) in [5, 5.41) is 4.38. The van der Waals surface area contributed by atoms with Crippen LogP contribution in [0.3, 0.4) is 0 Å². The SMILES string of the molecule is Cc1cc(C)n(-c2ccc(COC(=O)CCOCC(F)(F)F)cc2)n1. The summed E-state index contributed by atoms with van der Waals surface area (Å²) in [5.41, 5.74) is 3.59. The molecule has 1 aromatic carbocycles. The van der Waals surface area contributed by atoms with Gasteiger partial charge in [0.05, 0.1) is 24.4 Å². The lowest BCUT2D eigenvalue weighted by Crippen LogP contribution is -2.18. The second kappa shape index (κ2) is 8.15. The van der Waals surface area contributed by atoms with Gasteiger partial charge in [-0.1, -0.05) is 12.1 Å². The number of aryl methyl sites for hydroxylation is 2. The first-order chi connectivity index (χ1) is 11.7. The van der Waals surface area contributed by atoms with Crippen LogP contribution in [-0.2, 0) is 20.9 Å². The van der Waals surface area contributed by atoms with Crippen molar-refractivity contribution in [2.75, 3.05) is 13.2 Å². The zero-order valence-corrected chi connectivity index (χ0v) is 14.0. The van der Waals surface area contributed by atoms with Gasteiger partial charge in [0.25, 0.3) is 0 Å². The lowest BCUT2D eigenvalue weighted by Gasteiger charge is -2.09. The van der Waals surface area contributed by atoms with Crippen LogP contribution in [0, 0.1) is 13.8 Å². The third kappa shape index (κ3) is 6.22. The molecule has 2 aromatic rings. The number of halogens is 3. The van der Waals surface area contributed by atoms with Crippen molar-refractivity contribution in [1.29, 1.82) is 0 Å². The molecule has 25 heavy (non-hydrogen) atoms. The predicted octanol–water partition coefficient (Wildman–Crippen LogP) is 3.50. The maximum Gasteiger partial charge on any atom is 0.411 e. The molecule has 0 aliphatic rings. The highest BCUT2D eigenvalue weighted by atomic mass is 19.4. The molecule has 0 unspecified atom stereocenters. The molecule has 0 saturated heterocycles. The normalized spacial score (nSPS) is 11.6. The first-order valence-electron chi connectivity index (χ1n) is 7.67. The summed E-state index contributed by atoms with van der Waals surface area (Å²) >= 11 is 0. The highest BCUT2D eigenvalue weighted by Gasteiger charge is 2.27. The Labute approximate surface area is 143 Å². The average molecular weight is 356 g/mol. The molecule has 0 fully saturated rings. The van der Waals surface area contributed by atoms with E-state index in [-0.39, 0.29) is 19.6 Å². The van der Waals surface area contributed by atoms with Crippen molar-refractivity contribution in [3.8, 4) is 5.69 Å². The van der Waals surface area contributed by atoms with Crippen molar-refractivity contribution in [2.24, 2.45) is 0 Å². The summed E-state index contributed by atoms with van der Waals surface area (Å²) in [6.45, 7) is 2.23. The topological polar surface area (TPSA) is 53.4 Å². The fourth-order valence-corrected chi connectivity index (χ4v) is 2.20. The van der Waals surface area contributed by atoms with Crippen molar-refractivity contribution >= 4 is 5.97 Å². The molecule has 0 bridgehead atoms. The molecule has 1 aromatic heterocycles. The second-order valence-corrected chi connectivity index (χ2v) is 5.58. The van der Waals surface area contributed by atoms with E-state index in [4.69, 9.17) is 4.74 Å². The van der Waals surface area contributed by atoms with E-state index in [1.807, 2.05) is 36.7 Å². The number of esters is 1. The highest BCUT2D eigenvalue weighted by molar-refractivity contribution is 5.69. The minimum Gasteiger partial charge on any atom is -0.461 e. The van der Waals surface area contributed by atoms with Crippen LogP contribution >= 0.6 is 0 Å². The number of alkyl halides is 3. The molecule has 8 heteroatoms. The molecule has 0 atom stereocenters. The number of aromatic nitrogens is 2. The summed E-state index contributed by atoms with van der Waals surface area (Å²) in [5.74, 6) is -0.607. The van der Waals surface area contributed by atoms with E-state index in [0.29, 0.717) is 0 Å². The molecule has 0 radical (unpaired) electrons. The van der Waals surface area contributed by atoms with E-state index < -0.39 is 18.8 Å². The van der Waals surface area contributed by atoms with Crippen molar-refractivity contribution in [2.45, 2.75) is 33.1 Å². The molecule has 5 nitrogen and oxygen atoms in total. The second-order valence-electron chi connectivity index (χ2n) is 5.58. The fourth-order valence-electron chi connectivity index (χ4n) is 2.20. The quantitative estimate of drug-likeness (QED) is 0.563. The van der Waals surface area contributed by atoms with Gasteiger partial charge in [-0.25, -0.2) is 4.68 Å². The van der Waals surface area contributed by atoms with Crippen LogP contribution in [-0.4, -0.2) is 35.1 Å². The standard InChI is InChI=1S/C17H19F3N2O3/c1-12-9-13(2)22(21-12)15-5-3-14(4-6-15)10-25-16(23)7-8-24-11-17(18,19)20/h3-6,9H,7-8,10-11H2,1-2H3. The minimum atomic E-state index is -4.39. The molecule has 1 heterocycles. The average Bonchev–Trinajstić information content (AvgIpc) is 2.88. The van der Waals surface area contributed by atoms with Crippen molar-refractivity contribution in [3.05, 3.63) is 47.3 Å². The van der Waals surface area contributed by atoms with Gasteiger partial charge in [-0.2, -0.15) is 18.3 Å². The largest absolute Gasteiger partial charge is 0.461 e. The summed E-state index contributed by atoms with van der Waals surface area (Å²) in [6, 6.07) is 9.29. The Kier molecular flexibility index (Phi) is 6.19. The van der Waals surface area contributed by atoms with Crippen LogP contribution in [0.4, 0.5) is 13.2 Å². The Morgan fingerprint density at radius 1 is 1.20 bits per heavy atom. The molecule has 0 N–H and O–H groups in total. The lowest BCUT2D eigenvalue weighted by atomic mass is 10.2. The minimum absolute atomic E-state index is 0.0511. The van der Waals surface area contributed by atoms with Gasteiger partial charge in [0.1, 0.15) is 13.2 Å². The van der Waals surface area contributed by atoms with Crippen LogP contribution in [0.2, 0.25) is 0 Å². The number of hydrogen-bond acceptors (Lipinski definition) is 4. The van der Waals surface area contributed by atoms with Crippen LogP contribution in [0.5, 0.6) is 0 Å². The van der Waals surface area contributed by atoms with Gasteiger partial charge in [0.2, 0.25) is 0 Å². The van der Waals surface area contributed by atoms with Gasteiger partial charge in [0, 0.05) is 5.69 Å². The van der Waals surface area contributed by atoms with Crippen molar-refractivity contribution in [1.82, 2.24) is 9.78 Å². The van der Waals surface area contributed by atoms with E-state index in [2.05, 4.69) is 9.84 Å². The zero-order valence-electron chi connectivity index (χ0n) is 14.0. The number of nitrogens with zero attached hydrogens (tertiary/aromatic N) is 2. The maximum atomic E-state index is 11.9. The molecule has 0 aliphatic carbocycles. The first kappa shape index (κ1) is 19.0. The van der Waals surface area contributed by atoms with E-state index in [9.17, 15) is 18.0 Å². The number of carbonyl (C=O) groups excluding carboxylic acids is 1. The Balaban J connectivity index is 1.78. The highest BCUT2D eigenvalue weighted by Crippen LogP contribution is 2.15. The van der Waals surface area contributed by atoms with E-state index in [0.717, 1.165) is 22.6 Å².